The monoisotopic (exact) mass is 234 g/mol. The molecule has 3 rings (SSSR count). The van der Waals surface area contributed by atoms with E-state index in [0.717, 1.165) is 19.1 Å². The van der Waals surface area contributed by atoms with Crippen LogP contribution in [0.15, 0.2) is 12.5 Å². The predicted molar refractivity (Wildman–Crippen MR) is 67.8 cm³/mol. The Morgan fingerprint density at radius 3 is 2.82 bits per heavy atom. The highest BCUT2D eigenvalue weighted by atomic mass is 15.2. The number of nitrogens with zero attached hydrogens (tertiary/aromatic N) is 3. The van der Waals surface area contributed by atoms with Crippen LogP contribution in [0.5, 0.6) is 0 Å². The summed E-state index contributed by atoms with van der Waals surface area (Å²) >= 11 is 0. The molecule has 1 aliphatic heterocycles. The van der Waals surface area contributed by atoms with E-state index in [1.54, 1.807) is 0 Å². The van der Waals surface area contributed by atoms with Gasteiger partial charge < -0.3 is 14.8 Å². The maximum absolute atomic E-state index is 4.44. The van der Waals surface area contributed by atoms with Gasteiger partial charge in [0.05, 0.1) is 12.0 Å². The van der Waals surface area contributed by atoms with Crippen molar-refractivity contribution in [3.05, 3.63) is 18.2 Å². The second-order valence-corrected chi connectivity index (χ2v) is 5.31. The first kappa shape index (κ1) is 11.2. The van der Waals surface area contributed by atoms with Gasteiger partial charge in [0.25, 0.3) is 0 Å². The van der Waals surface area contributed by atoms with Crippen molar-refractivity contribution in [1.29, 1.82) is 0 Å². The Bertz CT molecular complexity index is 350. The lowest BCUT2D eigenvalue weighted by Gasteiger charge is -2.14. The molecule has 1 saturated carbocycles. The largest absolute Gasteiger partial charge is 0.336 e. The second kappa shape index (κ2) is 5.19. The Balaban J connectivity index is 1.42. The van der Waals surface area contributed by atoms with Crippen molar-refractivity contribution >= 4 is 0 Å². The zero-order valence-electron chi connectivity index (χ0n) is 10.4. The molecular formula is C13H22N4. The SMILES string of the molecule is c1nc(CNC2CC2)cn1CCN1CCCC1. The Morgan fingerprint density at radius 2 is 2.06 bits per heavy atom. The normalized spacial score (nSPS) is 21.2. The van der Waals surface area contributed by atoms with Gasteiger partial charge >= 0.3 is 0 Å². The van der Waals surface area contributed by atoms with Gasteiger partial charge in [-0.3, -0.25) is 0 Å². The quantitative estimate of drug-likeness (QED) is 0.803. The van der Waals surface area contributed by atoms with E-state index in [-0.39, 0.29) is 0 Å². The van der Waals surface area contributed by atoms with E-state index in [1.165, 1.54) is 51.0 Å². The lowest BCUT2D eigenvalue weighted by atomic mass is 10.4. The van der Waals surface area contributed by atoms with E-state index in [4.69, 9.17) is 0 Å². The number of rotatable bonds is 6. The molecule has 0 bridgehead atoms. The third-order valence-corrected chi connectivity index (χ3v) is 3.71. The van der Waals surface area contributed by atoms with Crippen LogP contribution < -0.4 is 5.32 Å². The van der Waals surface area contributed by atoms with Crippen molar-refractivity contribution in [1.82, 2.24) is 19.8 Å². The van der Waals surface area contributed by atoms with Gasteiger partial charge in [-0.25, -0.2) is 4.98 Å². The second-order valence-electron chi connectivity index (χ2n) is 5.31. The van der Waals surface area contributed by atoms with Gasteiger partial charge in [0.2, 0.25) is 0 Å². The van der Waals surface area contributed by atoms with Gasteiger partial charge in [-0.2, -0.15) is 0 Å². The molecular weight excluding hydrogens is 212 g/mol. The minimum atomic E-state index is 0.768. The molecule has 1 aromatic rings. The third-order valence-electron chi connectivity index (χ3n) is 3.71. The highest BCUT2D eigenvalue weighted by Crippen LogP contribution is 2.18. The molecule has 1 aliphatic carbocycles. The number of nitrogens with one attached hydrogen (secondary N) is 1. The highest BCUT2D eigenvalue weighted by Gasteiger charge is 2.20. The van der Waals surface area contributed by atoms with E-state index in [9.17, 15) is 0 Å². The molecule has 1 N–H and O–H groups in total. The number of aromatic nitrogens is 2. The van der Waals surface area contributed by atoms with E-state index in [0.29, 0.717) is 0 Å². The average molecular weight is 234 g/mol. The predicted octanol–water partition coefficient (Wildman–Crippen LogP) is 1.23. The zero-order chi connectivity index (χ0) is 11.5. The summed E-state index contributed by atoms with van der Waals surface area (Å²) in [4.78, 5) is 6.99. The average Bonchev–Trinajstić information content (AvgIpc) is 2.86. The van der Waals surface area contributed by atoms with Gasteiger partial charge in [-0.1, -0.05) is 0 Å². The maximum atomic E-state index is 4.44. The standard InChI is InChI=1S/C13H22N4/c1-2-6-16(5-1)7-8-17-10-13(15-11-17)9-14-12-3-4-12/h10-12,14H,1-9H2. The van der Waals surface area contributed by atoms with Crippen LogP contribution in [0, 0.1) is 0 Å². The van der Waals surface area contributed by atoms with Crippen LogP contribution in [0.25, 0.3) is 0 Å². The highest BCUT2D eigenvalue weighted by molar-refractivity contribution is 4.98. The van der Waals surface area contributed by atoms with Crippen LogP contribution in [0.3, 0.4) is 0 Å². The van der Waals surface area contributed by atoms with Gasteiger partial charge in [0.1, 0.15) is 0 Å². The molecule has 17 heavy (non-hydrogen) atoms. The molecule has 2 aliphatic rings. The minimum Gasteiger partial charge on any atom is -0.336 e. The van der Waals surface area contributed by atoms with Crippen LogP contribution in [-0.2, 0) is 13.1 Å². The molecule has 0 unspecified atom stereocenters. The summed E-state index contributed by atoms with van der Waals surface area (Å²) in [6, 6.07) is 0.768. The number of likely N-dealkylation sites (tertiary alicyclic amines) is 1. The summed E-state index contributed by atoms with van der Waals surface area (Å²) in [5.41, 5.74) is 1.18. The number of hydrogen-bond acceptors (Lipinski definition) is 3. The fraction of sp³-hybridized carbons (Fsp3) is 0.769. The summed E-state index contributed by atoms with van der Waals surface area (Å²) in [5.74, 6) is 0. The maximum Gasteiger partial charge on any atom is 0.0950 e. The van der Waals surface area contributed by atoms with E-state index in [2.05, 4.69) is 26.0 Å². The zero-order valence-corrected chi connectivity index (χ0v) is 10.4. The first-order valence-electron chi connectivity index (χ1n) is 6.86. The fourth-order valence-electron chi connectivity index (χ4n) is 2.42. The Hall–Kier alpha value is -0.870. The summed E-state index contributed by atoms with van der Waals surface area (Å²) in [7, 11) is 0. The molecule has 0 spiro atoms. The van der Waals surface area contributed by atoms with Gasteiger partial charge in [0, 0.05) is 31.9 Å². The molecule has 2 fully saturated rings. The molecule has 2 heterocycles. The van der Waals surface area contributed by atoms with Crippen LogP contribution in [-0.4, -0.2) is 40.1 Å². The molecule has 0 radical (unpaired) electrons. The summed E-state index contributed by atoms with van der Waals surface area (Å²) < 4.78 is 2.22. The third kappa shape index (κ3) is 3.30. The summed E-state index contributed by atoms with van der Waals surface area (Å²) in [6.07, 6.45) is 9.59. The smallest absolute Gasteiger partial charge is 0.0950 e. The number of hydrogen-bond donors (Lipinski definition) is 1. The first-order chi connectivity index (χ1) is 8.40. The Morgan fingerprint density at radius 1 is 1.24 bits per heavy atom. The summed E-state index contributed by atoms with van der Waals surface area (Å²) in [6.45, 7) is 5.75. The molecule has 4 heteroatoms. The molecule has 4 nitrogen and oxygen atoms in total. The fourth-order valence-corrected chi connectivity index (χ4v) is 2.42. The first-order valence-corrected chi connectivity index (χ1v) is 6.86. The minimum absolute atomic E-state index is 0.768. The molecule has 1 aromatic heterocycles. The van der Waals surface area contributed by atoms with Crippen LogP contribution in [0.2, 0.25) is 0 Å². The molecule has 0 aromatic carbocycles. The van der Waals surface area contributed by atoms with Gasteiger partial charge in [-0.15, -0.1) is 0 Å². The van der Waals surface area contributed by atoms with Gasteiger partial charge in [0.15, 0.2) is 0 Å². The molecule has 0 atom stereocenters. The van der Waals surface area contributed by atoms with Crippen LogP contribution in [0.4, 0.5) is 0 Å². The van der Waals surface area contributed by atoms with Crippen molar-refractivity contribution in [2.45, 2.75) is 44.8 Å². The van der Waals surface area contributed by atoms with E-state index >= 15 is 0 Å². The Labute approximate surface area is 103 Å². The van der Waals surface area contributed by atoms with E-state index in [1.807, 2.05) is 6.33 Å². The van der Waals surface area contributed by atoms with Gasteiger partial charge in [-0.05, 0) is 38.8 Å². The van der Waals surface area contributed by atoms with Crippen molar-refractivity contribution in [3.63, 3.8) is 0 Å². The lowest BCUT2D eigenvalue weighted by Crippen LogP contribution is -2.23. The van der Waals surface area contributed by atoms with Crippen molar-refractivity contribution < 1.29 is 0 Å². The summed E-state index contributed by atoms with van der Waals surface area (Å²) in [5, 5.41) is 3.50. The number of imidazole rings is 1. The van der Waals surface area contributed by atoms with Crippen molar-refractivity contribution in [2.24, 2.45) is 0 Å². The van der Waals surface area contributed by atoms with Crippen LogP contribution in [0.1, 0.15) is 31.4 Å². The lowest BCUT2D eigenvalue weighted by molar-refractivity contribution is 0.322. The molecule has 1 saturated heterocycles. The topological polar surface area (TPSA) is 33.1 Å². The van der Waals surface area contributed by atoms with E-state index < -0.39 is 0 Å². The molecule has 94 valence electrons. The van der Waals surface area contributed by atoms with Crippen molar-refractivity contribution in [3.8, 4) is 0 Å². The molecule has 0 amide bonds. The van der Waals surface area contributed by atoms with Crippen molar-refractivity contribution in [2.75, 3.05) is 19.6 Å². The Kier molecular flexibility index (Phi) is 3.43. The van der Waals surface area contributed by atoms with Crippen LogP contribution >= 0.6 is 0 Å².